The van der Waals surface area contributed by atoms with Gasteiger partial charge in [-0.25, -0.2) is 0 Å². The van der Waals surface area contributed by atoms with E-state index in [0.29, 0.717) is 19.3 Å². The van der Waals surface area contributed by atoms with Crippen molar-refractivity contribution in [2.75, 3.05) is 13.7 Å². The molecule has 7 bridgehead atoms. The molecule has 0 radical (unpaired) electrons. The monoisotopic (exact) mass is 672 g/mol. The SMILES string of the molecule is C=C1C2C(CO)CC3(C(=O)CCc4cccc(c4)C4(CCCC4)C4c5cc6cc(ccc6cc5C=CC4O)CC13C1CCCCC1)C2(O)OC. The van der Waals surface area contributed by atoms with Crippen LogP contribution in [0.2, 0.25) is 0 Å². The third kappa shape index (κ3) is 4.18. The fourth-order valence-corrected chi connectivity index (χ4v) is 13.1. The van der Waals surface area contributed by atoms with Crippen LogP contribution in [0.15, 0.2) is 72.8 Å². The molecule has 0 aromatic heterocycles. The zero-order valence-electron chi connectivity index (χ0n) is 29.5. The number of hydrogen-bond acceptors (Lipinski definition) is 5. The van der Waals surface area contributed by atoms with E-state index in [-0.39, 0.29) is 42.0 Å². The Hall–Kier alpha value is -3.09. The number of rotatable bonds is 3. The Morgan fingerprint density at radius 3 is 2.46 bits per heavy atom. The van der Waals surface area contributed by atoms with Gasteiger partial charge in [0.1, 0.15) is 5.78 Å². The van der Waals surface area contributed by atoms with Crippen LogP contribution < -0.4 is 0 Å². The summed E-state index contributed by atoms with van der Waals surface area (Å²) in [6.07, 6.45) is 15.0. The number of fused-ring (bicyclic) bond motifs is 6. The number of Topliss-reactive ketones (excluding diaryl/α,β-unsaturated/α-hetero) is 1. The highest BCUT2D eigenvalue weighted by Crippen LogP contribution is 2.77. The molecule has 3 N–H and O–H groups in total. The van der Waals surface area contributed by atoms with E-state index in [0.717, 1.165) is 78.8 Å². The topological polar surface area (TPSA) is 87.0 Å². The maximum Gasteiger partial charge on any atom is 0.185 e. The first-order valence-electron chi connectivity index (χ1n) is 19.4. The van der Waals surface area contributed by atoms with Gasteiger partial charge in [0.25, 0.3) is 0 Å². The molecule has 7 unspecified atom stereocenters. The quantitative estimate of drug-likeness (QED) is 0.194. The molecule has 0 amide bonds. The van der Waals surface area contributed by atoms with E-state index in [1.165, 1.54) is 23.1 Å². The second-order valence-electron chi connectivity index (χ2n) is 16.9. The lowest BCUT2D eigenvalue weighted by molar-refractivity contribution is -0.260. The highest BCUT2D eigenvalue weighted by Gasteiger charge is 2.83. The van der Waals surface area contributed by atoms with Gasteiger partial charge in [-0.05, 0) is 101 Å². The summed E-state index contributed by atoms with van der Waals surface area (Å²) in [6.45, 7) is 4.68. The van der Waals surface area contributed by atoms with Crippen molar-refractivity contribution in [1.82, 2.24) is 0 Å². The van der Waals surface area contributed by atoms with Crippen LogP contribution in [0, 0.1) is 28.6 Å². The van der Waals surface area contributed by atoms with Gasteiger partial charge in [0.15, 0.2) is 5.79 Å². The number of carbonyl (C=O) groups excluding carboxylic acids is 1. The van der Waals surface area contributed by atoms with E-state index in [2.05, 4.69) is 60.7 Å². The molecule has 5 heteroatoms. The molecule has 2 spiro atoms. The molecule has 50 heavy (non-hydrogen) atoms. The smallest absolute Gasteiger partial charge is 0.185 e. The first-order chi connectivity index (χ1) is 24.2. The largest absolute Gasteiger partial charge is 0.396 e. The van der Waals surface area contributed by atoms with Crippen LogP contribution in [-0.4, -0.2) is 46.7 Å². The number of aliphatic hydroxyl groups is 3. The van der Waals surface area contributed by atoms with Crippen molar-refractivity contribution < 1.29 is 24.9 Å². The lowest BCUT2D eigenvalue weighted by Crippen LogP contribution is -2.60. The third-order valence-corrected chi connectivity index (χ3v) is 15.1. The normalized spacial score (nSPS) is 36.2. The molecule has 0 saturated heterocycles. The molecular formula is C45H52O5. The Labute approximate surface area is 296 Å². The molecule has 5 nitrogen and oxygen atoms in total. The minimum atomic E-state index is -1.74. The Morgan fingerprint density at radius 2 is 1.70 bits per heavy atom. The highest BCUT2D eigenvalue weighted by molar-refractivity contribution is 5.91. The molecule has 0 heterocycles. The first kappa shape index (κ1) is 32.8. The van der Waals surface area contributed by atoms with Gasteiger partial charge in [-0.15, -0.1) is 0 Å². The lowest BCUT2D eigenvalue weighted by atomic mass is 9.47. The van der Waals surface area contributed by atoms with Crippen molar-refractivity contribution in [3.63, 3.8) is 0 Å². The molecule has 9 rings (SSSR count). The summed E-state index contributed by atoms with van der Waals surface area (Å²) >= 11 is 0. The minimum absolute atomic E-state index is 0.0423. The van der Waals surface area contributed by atoms with Crippen molar-refractivity contribution >= 4 is 22.6 Å². The predicted molar refractivity (Wildman–Crippen MR) is 197 cm³/mol. The van der Waals surface area contributed by atoms with E-state index in [1.54, 1.807) is 7.11 Å². The molecule has 4 saturated carbocycles. The standard InChI is InChI=1S/C45H52O5/c1-28-40-34(27-46)26-44(45(40,49)50-2)39(48)18-14-29-9-8-12-36(22-29)42(19-6-7-20-42)41-37-24-33-21-30(25-43(28,44)35-10-4-3-5-11-35)13-15-31(33)23-32(37)16-17-38(41)47/h8-9,12-13,15-17,21-24,34-35,38,40-41,46-47,49H,1,3-7,10-11,14,18-20,25-27H2,2H3. The summed E-state index contributed by atoms with van der Waals surface area (Å²) in [7, 11) is 1.55. The second-order valence-corrected chi connectivity index (χ2v) is 16.9. The number of methoxy groups -OCH3 is 1. The van der Waals surface area contributed by atoms with Gasteiger partial charge < -0.3 is 20.1 Å². The number of benzene rings is 3. The number of carbonyl (C=O) groups is 1. The summed E-state index contributed by atoms with van der Waals surface area (Å²) in [6, 6.07) is 20.2. The van der Waals surface area contributed by atoms with Crippen LogP contribution in [0.25, 0.3) is 16.8 Å². The molecule has 0 aliphatic heterocycles. The fourth-order valence-electron chi connectivity index (χ4n) is 13.1. The maximum atomic E-state index is 15.4. The number of aliphatic hydroxyl groups excluding tert-OH is 2. The van der Waals surface area contributed by atoms with Gasteiger partial charge in [-0.3, -0.25) is 4.79 Å². The first-order valence-corrected chi connectivity index (χ1v) is 19.4. The van der Waals surface area contributed by atoms with Crippen LogP contribution in [0.3, 0.4) is 0 Å². The van der Waals surface area contributed by atoms with Crippen LogP contribution in [0.5, 0.6) is 0 Å². The van der Waals surface area contributed by atoms with Gasteiger partial charge in [-0.2, -0.15) is 0 Å². The van der Waals surface area contributed by atoms with E-state index in [9.17, 15) is 15.3 Å². The fraction of sp³-hybridized carbons (Fsp3) is 0.533. The third-order valence-electron chi connectivity index (χ3n) is 15.1. The predicted octanol–water partition coefficient (Wildman–Crippen LogP) is 7.97. The van der Waals surface area contributed by atoms with Crippen LogP contribution in [0.1, 0.15) is 104 Å². The average molecular weight is 673 g/mol. The number of hydrogen-bond donors (Lipinski definition) is 3. The Bertz CT molecular complexity index is 1900. The zero-order chi connectivity index (χ0) is 34.5. The minimum Gasteiger partial charge on any atom is -0.396 e. The zero-order valence-corrected chi connectivity index (χ0v) is 29.5. The van der Waals surface area contributed by atoms with Crippen molar-refractivity contribution in [2.45, 2.75) is 107 Å². The summed E-state index contributed by atoms with van der Waals surface area (Å²) < 4.78 is 6.21. The van der Waals surface area contributed by atoms with Crippen molar-refractivity contribution in [3.05, 3.63) is 101 Å². The van der Waals surface area contributed by atoms with E-state index < -0.39 is 28.6 Å². The average Bonchev–Trinajstić information content (AvgIpc) is 3.78. The Morgan fingerprint density at radius 1 is 0.900 bits per heavy atom. The summed E-state index contributed by atoms with van der Waals surface area (Å²) in [5.74, 6) is -2.38. The molecule has 6 aliphatic carbocycles. The van der Waals surface area contributed by atoms with E-state index in [4.69, 9.17) is 11.3 Å². The molecular weight excluding hydrogens is 620 g/mol. The van der Waals surface area contributed by atoms with Crippen LogP contribution in [-0.2, 0) is 27.8 Å². The van der Waals surface area contributed by atoms with Crippen LogP contribution >= 0.6 is 0 Å². The summed E-state index contributed by atoms with van der Waals surface area (Å²) in [5, 5.41) is 37.8. The number of ether oxygens (including phenoxy) is 1. The molecule has 6 aliphatic rings. The lowest BCUT2D eigenvalue weighted by Gasteiger charge is -2.55. The Kier molecular flexibility index (Phi) is 7.68. The number of ketones is 1. The van der Waals surface area contributed by atoms with Crippen LogP contribution in [0.4, 0.5) is 0 Å². The van der Waals surface area contributed by atoms with Gasteiger partial charge in [-0.1, -0.05) is 105 Å². The molecule has 7 atom stereocenters. The van der Waals surface area contributed by atoms with Gasteiger partial charge in [0.2, 0.25) is 0 Å². The summed E-state index contributed by atoms with van der Waals surface area (Å²) in [5.41, 5.74) is 4.68. The molecule has 4 fully saturated rings. The van der Waals surface area contributed by atoms with Gasteiger partial charge in [0.05, 0.1) is 11.5 Å². The number of aryl methyl sites for hydroxylation is 1. The van der Waals surface area contributed by atoms with Crippen molar-refractivity contribution in [1.29, 1.82) is 0 Å². The molecule has 3 aromatic carbocycles. The molecule has 262 valence electrons. The maximum absolute atomic E-state index is 15.4. The second kappa shape index (κ2) is 11.7. The highest BCUT2D eigenvalue weighted by atomic mass is 16.6. The van der Waals surface area contributed by atoms with E-state index in [1.807, 2.05) is 6.08 Å². The Balaban J connectivity index is 1.31. The molecule has 3 aromatic rings. The van der Waals surface area contributed by atoms with E-state index >= 15 is 4.79 Å². The van der Waals surface area contributed by atoms with Crippen molar-refractivity contribution in [2.24, 2.45) is 28.6 Å². The summed E-state index contributed by atoms with van der Waals surface area (Å²) in [4.78, 5) is 15.4. The van der Waals surface area contributed by atoms with Crippen molar-refractivity contribution in [3.8, 4) is 0 Å². The van der Waals surface area contributed by atoms with Gasteiger partial charge >= 0.3 is 0 Å². The van der Waals surface area contributed by atoms with Gasteiger partial charge in [0, 0.05) is 42.8 Å².